The van der Waals surface area contributed by atoms with E-state index in [1.165, 1.54) is 6.42 Å². The predicted molar refractivity (Wildman–Crippen MR) is 95.7 cm³/mol. The van der Waals surface area contributed by atoms with Crippen molar-refractivity contribution in [2.75, 3.05) is 30.4 Å². The summed E-state index contributed by atoms with van der Waals surface area (Å²) in [4.78, 5) is 19.0. The van der Waals surface area contributed by atoms with E-state index >= 15 is 0 Å². The minimum Gasteiger partial charge on any atom is -0.340 e. The molecule has 0 aliphatic carbocycles. The van der Waals surface area contributed by atoms with Gasteiger partial charge in [-0.15, -0.1) is 0 Å². The fourth-order valence-electron chi connectivity index (χ4n) is 3.06. The number of hydrogen-bond donors (Lipinski definition) is 3. The number of para-hydroxylation sites is 1. The Balaban J connectivity index is 1.69. The van der Waals surface area contributed by atoms with E-state index in [0.717, 1.165) is 36.5 Å². The summed E-state index contributed by atoms with van der Waals surface area (Å²) in [5, 5.41) is 6.80. The van der Waals surface area contributed by atoms with Crippen LogP contribution in [0.3, 0.4) is 0 Å². The van der Waals surface area contributed by atoms with E-state index in [9.17, 15) is 0 Å². The summed E-state index contributed by atoms with van der Waals surface area (Å²) in [6.45, 7) is 2.05. The number of benzene rings is 1. The standard InChI is InChI=1S/C17H21N7/c1-24(13-8-5-9-18-10-13)17-22-15-14(19-11-20-15)16(23-17)21-12-6-3-2-4-7-12/h2-4,6-7,11,13,18H,5,8-10H2,1H3,(H2,19,20,21,22,23). The zero-order valence-corrected chi connectivity index (χ0v) is 13.7. The highest BCUT2D eigenvalue weighted by molar-refractivity contribution is 5.86. The van der Waals surface area contributed by atoms with Crippen LogP contribution in [0, 0.1) is 0 Å². The van der Waals surface area contributed by atoms with Gasteiger partial charge in [0.05, 0.1) is 6.33 Å². The number of imidazole rings is 1. The Hall–Kier alpha value is -2.67. The number of aromatic amines is 1. The fraction of sp³-hybridized carbons (Fsp3) is 0.353. The van der Waals surface area contributed by atoms with Crippen molar-refractivity contribution in [1.82, 2.24) is 25.3 Å². The normalized spacial score (nSPS) is 17.8. The third-order valence-corrected chi connectivity index (χ3v) is 4.44. The average Bonchev–Trinajstić information content (AvgIpc) is 3.11. The molecule has 0 saturated carbocycles. The van der Waals surface area contributed by atoms with Crippen LogP contribution >= 0.6 is 0 Å². The number of hydrogen-bond acceptors (Lipinski definition) is 6. The van der Waals surface area contributed by atoms with E-state index in [1.807, 2.05) is 30.3 Å². The largest absolute Gasteiger partial charge is 0.340 e. The summed E-state index contributed by atoms with van der Waals surface area (Å²) in [7, 11) is 2.05. The van der Waals surface area contributed by atoms with Crippen LogP contribution in [0.4, 0.5) is 17.5 Å². The molecule has 1 aliphatic heterocycles. The number of nitrogens with zero attached hydrogens (tertiary/aromatic N) is 4. The van der Waals surface area contributed by atoms with Gasteiger partial charge in [-0.05, 0) is 31.5 Å². The highest BCUT2D eigenvalue weighted by atomic mass is 15.3. The van der Waals surface area contributed by atoms with E-state index in [2.05, 4.69) is 37.5 Å². The van der Waals surface area contributed by atoms with Gasteiger partial charge in [-0.3, -0.25) is 0 Å². The molecule has 0 amide bonds. The van der Waals surface area contributed by atoms with E-state index < -0.39 is 0 Å². The first-order valence-electron chi connectivity index (χ1n) is 8.28. The van der Waals surface area contributed by atoms with Crippen molar-refractivity contribution in [1.29, 1.82) is 0 Å². The molecule has 1 fully saturated rings. The molecule has 1 atom stereocenters. The van der Waals surface area contributed by atoms with E-state index in [1.54, 1.807) is 6.33 Å². The Morgan fingerprint density at radius 1 is 1.21 bits per heavy atom. The van der Waals surface area contributed by atoms with Gasteiger partial charge in [-0.1, -0.05) is 18.2 Å². The lowest BCUT2D eigenvalue weighted by Gasteiger charge is -2.31. The molecule has 124 valence electrons. The molecule has 1 aromatic carbocycles. The second-order valence-electron chi connectivity index (χ2n) is 6.08. The van der Waals surface area contributed by atoms with Gasteiger partial charge < -0.3 is 20.5 Å². The lowest BCUT2D eigenvalue weighted by Crippen LogP contribution is -2.44. The summed E-state index contributed by atoms with van der Waals surface area (Å²) in [5.41, 5.74) is 2.48. The maximum atomic E-state index is 4.75. The molecule has 3 N–H and O–H groups in total. The molecule has 0 bridgehead atoms. The molecular formula is C17H21N7. The highest BCUT2D eigenvalue weighted by Gasteiger charge is 2.21. The average molecular weight is 323 g/mol. The number of aromatic nitrogens is 4. The quantitative estimate of drug-likeness (QED) is 0.683. The molecule has 3 heterocycles. The highest BCUT2D eigenvalue weighted by Crippen LogP contribution is 2.25. The topological polar surface area (TPSA) is 81.8 Å². The van der Waals surface area contributed by atoms with Crippen LogP contribution in [0.25, 0.3) is 11.2 Å². The molecule has 1 saturated heterocycles. The van der Waals surface area contributed by atoms with Crippen LogP contribution in [-0.4, -0.2) is 46.1 Å². The van der Waals surface area contributed by atoms with Crippen molar-refractivity contribution in [2.24, 2.45) is 0 Å². The Bertz CT molecular complexity index is 808. The smallest absolute Gasteiger partial charge is 0.229 e. The first-order valence-corrected chi connectivity index (χ1v) is 8.28. The predicted octanol–water partition coefficient (Wildman–Crippen LogP) is 2.28. The lowest BCUT2D eigenvalue weighted by atomic mass is 10.1. The minimum absolute atomic E-state index is 0.403. The molecule has 7 nitrogen and oxygen atoms in total. The first-order chi connectivity index (χ1) is 11.8. The van der Waals surface area contributed by atoms with Crippen LogP contribution < -0.4 is 15.5 Å². The van der Waals surface area contributed by atoms with Gasteiger partial charge in [0.25, 0.3) is 0 Å². The van der Waals surface area contributed by atoms with Crippen LogP contribution in [0.5, 0.6) is 0 Å². The third-order valence-electron chi connectivity index (χ3n) is 4.44. The van der Waals surface area contributed by atoms with Crippen molar-refractivity contribution in [3.63, 3.8) is 0 Å². The van der Waals surface area contributed by atoms with Crippen LogP contribution in [-0.2, 0) is 0 Å². The molecule has 7 heteroatoms. The van der Waals surface area contributed by atoms with Crippen molar-refractivity contribution in [2.45, 2.75) is 18.9 Å². The number of anilines is 3. The molecule has 2 aromatic heterocycles. The molecular weight excluding hydrogens is 302 g/mol. The summed E-state index contributed by atoms with van der Waals surface area (Å²) >= 11 is 0. The van der Waals surface area contributed by atoms with Gasteiger partial charge in [0.1, 0.15) is 5.52 Å². The van der Waals surface area contributed by atoms with Crippen LogP contribution in [0.2, 0.25) is 0 Å². The van der Waals surface area contributed by atoms with Gasteiger partial charge in [-0.2, -0.15) is 9.97 Å². The summed E-state index contributed by atoms with van der Waals surface area (Å²) in [6, 6.07) is 10.4. The number of nitrogens with one attached hydrogen (secondary N) is 3. The molecule has 1 unspecified atom stereocenters. The Morgan fingerprint density at radius 3 is 2.88 bits per heavy atom. The van der Waals surface area contributed by atoms with E-state index in [-0.39, 0.29) is 0 Å². The van der Waals surface area contributed by atoms with Gasteiger partial charge in [-0.25, -0.2) is 4.98 Å². The summed E-state index contributed by atoms with van der Waals surface area (Å²) in [5.74, 6) is 1.44. The van der Waals surface area contributed by atoms with Crippen molar-refractivity contribution >= 4 is 28.6 Å². The molecule has 24 heavy (non-hydrogen) atoms. The van der Waals surface area contributed by atoms with Crippen LogP contribution in [0.15, 0.2) is 36.7 Å². The number of fused-ring (bicyclic) bond motifs is 1. The van der Waals surface area contributed by atoms with Gasteiger partial charge in [0.2, 0.25) is 5.95 Å². The molecule has 1 aliphatic rings. The monoisotopic (exact) mass is 323 g/mol. The number of rotatable bonds is 4. The third kappa shape index (κ3) is 2.90. The Morgan fingerprint density at radius 2 is 2.08 bits per heavy atom. The number of piperidine rings is 1. The zero-order chi connectivity index (χ0) is 16.4. The van der Waals surface area contributed by atoms with Gasteiger partial charge in [0, 0.05) is 25.3 Å². The van der Waals surface area contributed by atoms with Crippen molar-refractivity contribution in [3.05, 3.63) is 36.7 Å². The van der Waals surface area contributed by atoms with Crippen molar-refractivity contribution < 1.29 is 0 Å². The van der Waals surface area contributed by atoms with Crippen molar-refractivity contribution in [3.8, 4) is 0 Å². The maximum absolute atomic E-state index is 4.75. The second-order valence-corrected chi connectivity index (χ2v) is 6.08. The second kappa shape index (κ2) is 6.45. The maximum Gasteiger partial charge on any atom is 0.229 e. The lowest BCUT2D eigenvalue weighted by molar-refractivity contribution is 0.441. The van der Waals surface area contributed by atoms with E-state index in [4.69, 9.17) is 4.98 Å². The first kappa shape index (κ1) is 14.9. The molecule has 0 spiro atoms. The Kier molecular flexibility index (Phi) is 4.00. The Labute approximate surface area is 140 Å². The van der Waals surface area contributed by atoms with Gasteiger partial charge in [0.15, 0.2) is 11.5 Å². The zero-order valence-electron chi connectivity index (χ0n) is 13.7. The summed E-state index contributed by atoms with van der Waals surface area (Å²) in [6.07, 6.45) is 3.98. The number of likely N-dealkylation sites (N-methyl/N-ethyl adjacent to an activating group) is 1. The minimum atomic E-state index is 0.403. The molecule has 0 radical (unpaired) electrons. The van der Waals surface area contributed by atoms with E-state index in [0.29, 0.717) is 17.6 Å². The SMILES string of the molecule is CN(c1nc(Nc2ccccc2)c2[nH]cnc2n1)C1CCCNC1. The molecule has 3 aromatic rings. The van der Waals surface area contributed by atoms with Crippen LogP contribution in [0.1, 0.15) is 12.8 Å². The summed E-state index contributed by atoms with van der Waals surface area (Å²) < 4.78 is 0. The number of H-pyrrole nitrogens is 1. The molecule has 4 rings (SSSR count). The van der Waals surface area contributed by atoms with Gasteiger partial charge >= 0.3 is 0 Å². The fourth-order valence-corrected chi connectivity index (χ4v) is 3.06.